The molecule has 2 unspecified atom stereocenters. The van der Waals surface area contributed by atoms with E-state index in [1.807, 2.05) is 37.4 Å². The summed E-state index contributed by atoms with van der Waals surface area (Å²) in [7, 11) is 0. The summed E-state index contributed by atoms with van der Waals surface area (Å²) in [5.74, 6) is 1.08. The van der Waals surface area contributed by atoms with Gasteiger partial charge in [0.05, 0.1) is 9.68 Å². The van der Waals surface area contributed by atoms with E-state index in [9.17, 15) is 0 Å². The predicted molar refractivity (Wildman–Crippen MR) is 99.2 cm³/mol. The largest absolute Gasteiger partial charge is 0.353 e. The van der Waals surface area contributed by atoms with Crippen LogP contribution in [-0.4, -0.2) is 34.6 Å². The molecule has 0 radical (unpaired) electrons. The Hall–Kier alpha value is 0.360. The molecule has 0 aliphatic rings. The molecule has 21 heavy (non-hydrogen) atoms. The molecule has 0 aromatic rings. The van der Waals surface area contributed by atoms with Crippen molar-refractivity contribution in [2.45, 2.75) is 70.9 Å². The molecule has 0 aromatic heterocycles. The molecule has 0 rings (SSSR count). The Morgan fingerprint density at radius 3 is 2.14 bits per heavy atom. The molecule has 4 heteroatoms. The van der Waals surface area contributed by atoms with Crippen LogP contribution in [0.15, 0.2) is 12.7 Å². The fourth-order valence-corrected chi connectivity index (χ4v) is 5.87. The Morgan fingerprint density at radius 1 is 1.19 bits per heavy atom. The molecule has 0 aromatic carbocycles. The average Bonchev–Trinajstić information content (AvgIpc) is 2.37. The van der Waals surface area contributed by atoms with E-state index < -0.39 is 0 Å². The van der Waals surface area contributed by atoms with Crippen LogP contribution in [-0.2, 0) is 9.47 Å². The highest BCUT2D eigenvalue weighted by Gasteiger charge is 2.47. The van der Waals surface area contributed by atoms with Crippen LogP contribution in [0.25, 0.3) is 0 Å². The molecule has 0 fully saturated rings. The van der Waals surface area contributed by atoms with Gasteiger partial charge in [0, 0.05) is 18.4 Å². The van der Waals surface area contributed by atoms with Gasteiger partial charge in [0.2, 0.25) is 0 Å². The Kier molecular flexibility index (Phi) is 9.00. The summed E-state index contributed by atoms with van der Waals surface area (Å²) in [4.78, 5) is 0. The van der Waals surface area contributed by atoms with E-state index in [1.54, 1.807) is 0 Å². The van der Waals surface area contributed by atoms with E-state index in [0.29, 0.717) is 6.61 Å². The fourth-order valence-electron chi connectivity index (χ4n) is 2.57. The molecule has 0 bridgehead atoms. The minimum absolute atomic E-state index is 0.0164. The molecule has 0 saturated heterocycles. The van der Waals surface area contributed by atoms with E-state index in [1.165, 1.54) is 0 Å². The summed E-state index contributed by atoms with van der Waals surface area (Å²) >= 11 is 3.91. The lowest BCUT2D eigenvalue weighted by Crippen LogP contribution is -2.45. The van der Waals surface area contributed by atoms with E-state index in [2.05, 4.69) is 53.5 Å². The molecule has 2 atom stereocenters. The lowest BCUT2D eigenvalue weighted by molar-refractivity contribution is -0.192. The Balaban J connectivity index is 5.24. The fraction of sp³-hybridized carbons (Fsp3) is 0.882. The highest BCUT2D eigenvalue weighted by Crippen LogP contribution is 2.55. The SMILES string of the molecule is C=CC(C)(C)C(CC(C)(C)OC(C)OCC)(SC)SCC. The van der Waals surface area contributed by atoms with Crippen LogP contribution in [0.3, 0.4) is 0 Å². The summed E-state index contributed by atoms with van der Waals surface area (Å²) in [5.41, 5.74) is -0.234. The number of thioether (sulfide) groups is 2. The van der Waals surface area contributed by atoms with Crippen molar-refractivity contribution in [3.05, 3.63) is 12.7 Å². The van der Waals surface area contributed by atoms with Gasteiger partial charge in [-0.05, 0) is 39.7 Å². The maximum absolute atomic E-state index is 6.14. The van der Waals surface area contributed by atoms with Crippen LogP contribution in [0.4, 0.5) is 0 Å². The zero-order valence-electron chi connectivity index (χ0n) is 15.1. The molecule has 126 valence electrons. The van der Waals surface area contributed by atoms with Crippen molar-refractivity contribution < 1.29 is 9.47 Å². The first-order valence-electron chi connectivity index (χ1n) is 7.71. The van der Waals surface area contributed by atoms with Gasteiger partial charge in [-0.1, -0.05) is 26.8 Å². The summed E-state index contributed by atoms with van der Waals surface area (Å²) in [6, 6.07) is 0. The third kappa shape index (κ3) is 6.17. The standard InChI is InChI=1S/C17H34O2S2/c1-10-15(5,6)17(20-9,21-12-3)13-16(7,8)19-14(4)18-11-2/h10,14H,1,11-13H2,2-9H3. The van der Waals surface area contributed by atoms with E-state index in [4.69, 9.17) is 9.47 Å². The van der Waals surface area contributed by atoms with Gasteiger partial charge in [0.25, 0.3) is 0 Å². The average molecular weight is 335 g/mol. The topological polar surface area (TPSA) is 18.5 Å². The van der Waals surface area contributed by atoms with Crippen LogP contribution in [0.5, 0.6) is 0 Å². The molecule has 0 saturated carbocycles. The van der Waals surface area contributed by atoms with Gasteiger partial charge in [0.15, 0.2) is 6.29 Å². The van der Waals surface area contributed by atoms with E-state index in [0.717, 1.165) is 12.2 Å². The second-order valence-corrected chi connectivity index (χ2v) is 9.32. The minimum atomic E-state index is -0.250. The summed E-state index contributed by atoms with van der Waals surface area (Å²) in [6.45, 7) is 19.7. The highest BCUT2D eigenvalue weighted by molar-refractivity contribution is 8.18. The summed E-state index contributed by atoms with van der Waals surface area (Å²) < 4.78 is 11.7. The van der Waals surface area contributed by atoms with Gasteiger partial charge in [-0.3, -0.25) is 0 Å². The van der Waals surface area contributed by atoms with Crippen molar-refractivity contribution in [2.24, 2.45) is 5.41 Å². The number of hydrogen-bond donors (Lipinski definition) is 0. The third-order valence-corrected chi connectivity index (χ3v) is 7.35. The van der Waals surface area contributed by atoms with Gasteiger partial charge in [0.1, 0.15) is 0 Å². The lowest BCUT2D eigenvalue weighted by atomic mass is 9.82. The lowest BCUT2D eigenvalue weighted by Gasteiger charge is -2.47. The molecule has 2 nitrogen and oxygen atoms in total. The second-order valence-electron chi connectivity index (χ2n) is 6.39. The number of ether oxygens (including phenoxy) is 2. The minimum Gasteiger partial charge on any atom is -0.353 e. The van der Waals surface area contributed by atoms with Crippen molar-refractivity contribution in [1.29, 1.82) is 0 Å². The normalized spacial score (nSPS) is 17.3. The molecular formula is C17H34O2S2. The quantitative estimate of drug-likeness (QED) is 0.362. The van der Waals surface area contributed by atoms with Crippen LogP contribution in [0.1, 0.15) is 54.9 Å². The van der Waals surface area contributed by atoms with Crippen molar-refractivity contribution >= 4 is 23.5 Å². The van der Waals surface area contributed by atoms with Crippen molar-refractivity contribution in [1.82, 2.24) is 0 Å². The molecular weight excluding hydrogens is 300 g/mol. The highest BCUT2D eigenvalue weighted by atomic mass is 32.2. The smallest absolute Gasteiger partial charge is 0.155 e. The maximum atomic E-state index is 6.14. The van der Waals surface area contributed by atoms with E-state index >= 15 is 0 Å². The van der Waals surface area contributed by atoms with Crippen molar-refractivity contribution in [3.63, 3.8) is 0 Å². The zero-order valence-corrected chi connectivity index (χ0v) is 16.7. The Labute approximate surface area is 140 Å². The second kappa shape index (κ2) is 8.85. The van der Waals surface area contributed by atoms with Crippen molar-refractivity contribution in [2.75, 3.05) is 18.6 Å². The first-order valence-corrected chi connectivity index (χ1v) is 9.93. The number of allylic oxidation sites excluding steroid dienone is 1. The summed E-state index contributed by atoms with van der Waals surface area (Å²) in [5, 5.41) is 0. The first kappa shape index (κ1) is 21.4. The Morgan fingerprint density at radius 2 is 1.76 bits per heavy atom. The predicted octanol–water partition coefficient (Wildman–Crippen LogP) is 5.58. The molecule has 0 N–H and O–H groups in total. The molecule has 0 spiro atoms. The van der Waals surface area contributed by atoms with Gasteiger partial charge in [-0.2, -0.15) is 0 Å². The van der Waals surface area contributed by atoms with Crippen LogP contribution in [0.2, 0.25) is 0 Å². The third-order valence-electron chi connectivity index (χ3n) is 3.74. The van der Waals surface area contributed by atoms with Crippen LogP contribution in [0, 0.1) is 5.41 Å². The Bertz CT molecular complexity index is 316. The van der Waals surface area contributed by atoms with Gasteiger partial charge >= 0.3 is 0 Å². The monoisotopic (exact) mass is 334 g/mol. The van der Waals surface area contributed by atoms with Crippen LogP contribution >= 0.6 is 23.5 Å². The number of hydrogen-bond acceptors (Lipinski definition) is 4. The number of rotatable bonds is 11. The molecule has 0 heterocycles. The molecule has 0 aliphatic heterocycles. The van der Waals surface area contributed by atoms with Gasteiger partial charge < -0.3 is 9.47 Å². The first-order chi connectivity index (χ1) is 9.59. The molecule has 0 aliphatic carbocycles. The van der Waals surface area contributed by atoms with Gasteiger partial charge in [-0.25, -0.2) is 0 Å². The zero-order chi connectivity index (χ0) is 16.7. The van der Waals surface area contributed by atoms with Gasteiger partial charge in [-0.15, -0.1) is 30.1 Å². The van der Waals surface area contributed by atoms with Crippen LogP contribution < -0.4 is 0 Å². The maximum Gasteiger partial charge on any atom is 0.155 e. The van der Waals surface area contributed by atoms with Crippen molar-refractivity contribution in [3.8, 4) is 0 Å². The summed E-state index contributed by atoms with van der Waals surface area (Å²) in [6.07, 6.45) is 5.03. The molecule has 0 amide bonds. The van der Waals surface area contributed by atoms with E-state index in [-0.39, 0.29) is 21.4 Å².